The molecular weight excluding hydrogens is 422 g/mol. The molecule has 172 valence electrons. The van der Waals surface area contributed by atoms with Crippen LogP contribution in [-0.2, 0) is 19.0 Å². The van der Waals surface area contributed by atoms with Crippen LogP contribution in [0.5, 0.6) is 0 Å². The first-order valence-corrected chi connectivity index (χ1v) is 11.0. The highest BCUT2D eigenvalue weighted by atomic mass is 19.3. The van der Waals surface area contributed by atoms with Crippen LogP contribution in [0, 0.1) is 6.92 Å². The van der Waals surface area contributed by atoms with Gasteiger partial charge >= 0.3 is 0 Å². The van der Waals surface area contributed by atoms with Crippen LogP contribution in [0.25, 0.3) is 6.08 Å². The summed E-state index contributed by atoms with van der Waals surface area (Å²) in [4.78, 5) is 15.4. The third-order valence-electron chi connectivity index (χ3n) is 5.99. The highest BCUT2D eigenvalue weighted by Gasteiger charge is 2.32. The molecule has 1 N–H and O–H groups in total. The topological polar surface area (TPSA) is 50.2 Å². The Kier molecular flexibility index (Phi) is 6.06. The highest BCUT2D eigenvalue weighted by Crippen LogP contribution is 2.33. The molecule has 0 spiro atoms. The molecule has 0 radical (unpaired) electrons. The van der Waals surface area contributed by atoms with Gasteiger partial charge in [0.2, 0.25) is 0 Å². The Balaban J connectivity index is 1.60. The van der Waals surface area contributed by atoms with Crippen LogP contribution >= 0.6 is 0 Å². The molecule has 2 aromatic carbocycles. The van der Waals surface area contributed by atoms with E-state index in [-0.39, 0.29) is 17.5 Å². The number of nitrogens with zero attached hydrogens (tertiary/aromatic N) is 3. The van der Waals surface area contributed by atoms with E-state index in [0.717, 1.165) is 23.6 Å². The zero-order valence-electron chi connectivity index (χ0n) is 19.1. The number of fused-ring (bicyclic) bond motifs is 1. The lowest BCUT2D eigenvalue weighted by Gasteiger charge is -2.21. The third kappa shape index (κ3) is 4.67. The first-order chi connectivity index (χ1) is 15.7. The van der Waals surface area contributed by atoms with Crippen molar-refractivity contribution in [3.63, 3.8) is 0 Å². The number of hydrogen-bond donors (Lipinski definition) is 1. The second kappa shape index (κ2) is 8.81. The Morgan fingerprint density at radius 1 is 1.24 bits per heavy atom. The number of anilines is 1. The molecule has 0 fully saturated rings. The average Bonchev–Trinajstić information content (AvgIpc) is 3.33. The van der Waals surface area contributed by atoms with E-state index in [1.54, 1.807) is 16.8 Å². The lowest BCUT2D eigenvalue weighted by Crippen LogP contribution is -2.29. The van der Waals surface area contributed by atoms with Gasteiger partial charge in [-0.3, -0.25) is 4.79 Å². The minimum absolute atomic E-state index is 0.0237. The largest absolute Gasteiger partial charge is 0.350 e. The molecule has 1 amide bonds. The summed E-state index contributed by atoms with van der Waals surface area (Å²) < 4.78 is 29.4. The number of aromatic nitrogens is 2. The van der Waals surface area contributed by atoms with Crippen molar-refractivity contribution in [3.05, 3.63) is 88.6 Å². The third-order valence-corrected chi connectivity index (χ3v) is 5.99. The molecule has 4 rings (SSSR count). The molecule has 0 bridgehead atoms. The lowest BCUT2D eigenvalue weighted by molar-refractivity contribution is 0.0174. The number of aryl methyl sites for hydroxylation is 1. The Morgan fingerprint density at radius 2 is 1.97 bits per heavy atom. The van der Waals surface area contributed by atoms with E-state index in [2.05, 4.69) is 17.0 Å². The van der Waals surface area contributed by atoms with E-state index >= 15 is 0 Å². The van der Waals surface area contributed by atoms with Crippen molar-refractivity contribution in [2.75, 3.05) is 11.4 Å². The van der Waals surface area contributed by atoms with Crippen molar-refractivity contribution >= 4 is 17.8 Å². The van der Waals surface area contributed by atoms with Crippen molar-refractivity contribution in [1.82, 2.24) is 15.1 Å². The van der Waals surface area contributed by atoms with Crippen molar-refractivity contribution < 1.29 is 13.6 Å². The second-order valence-corrected chi connectivity index (χ2v) is 8.63. The Hall–Kier alpha value is -3.48. The summed E-state index contributed by atoms with van der Waals surface area (Å²) in [6, 6.07) is 14.3. The van der Waals surface area contributed by atoms with Crippen molar-refractivity contribution in [3.8, 4) is 0 Å². The molecule has 1 unspecified atom stereocenters. The molecule has 2 heterocycles. The zero-order chi connectivity index (χ0) is 23.8. The van der Waals surface area contributed by atoms with E-state index in [1.165, 1.54) is 12.1 Å². The first-order valence-electron chi connectivity index (χ1n) is 11.0. The molecule has 1 atom stereocenters. The number of hydrogen-bond acceptors (Lipinski definition) is 3. The number of halogens is 2. The Morgan fingerprint density at radius 3 is 2.64 bits per heavy atom. The van der Waals surface area contributed by atoms with Crippen LogP contribution in [0.15, 0.2) is 55.1 Å². The van der Waals surface area contributed by atoms with Gasteiger partial charge in [-0.2, -0.15) is 5.10 Å². The predicted octanol–water partition coefficient (Wildman–Crippen LogP) is 5.46. The van der Waals surface area contributed by atoms with Gasteiger partial charge in [0, 0.05) is 25.6 Å². The van der Waals surface area contributed by atoms with Crippen molar-refractivity contribution in [1.29, 1.82) is 0 Å². The summed E-state index contributed by atoms with van der Waals surface area (Å²) in [7, 11) is 0. The Bertz CT molecular complexity index is 1180. The lowest BCUT2D eigenvalue weighted by atomic mass is 10.1. The van der Waals surface area contributed by atoms with Crippen molar-refractivity contribution in [2.24, 2.45) is 0 Å². The van der Waals surface area contributed by atoms with Gasteiger partial charge in [0.05, 0.1) is 18.3 Å². The molecule has 3 aromatic rings. The van der Waals surface area contributed by atoms with Crippen LogP contribution in [0.4, 0.5) is 14.6 Å². The number of benzene rings is 2. The molecule has 0 aliphatic carbocycles. The fraction of sp³-hybridized carbons (Fsp3) is 0.308. The molecule has 1 aliphatic rings. The number of amides is 1. The quantitative estimate of drug-likeness (QED) is 0.520. The van der Waals surface area contributed by atoms with E-state index in [0.29, 0.717) is 36.7 Å². The smallest absolute Gasteiger partial charge is 0.270 e. The molecule has 1 aliphatic heterocycles. The van der Waals surface area contributed by atoms with Crippen molar-refractivity contribution in [2.45, 2.75) is 45.8 Å². The summed E-state index contributed by atoms with van der Waals surface area (Å²) in [5.74, 6) is -2.46. The molecule has 0 saturated heterocycles. The highest BCUT2D eigenvalue weighted by molar-refractivity contribution is 6.02. The predicted molar refractivity (Wildman–Crippen MR) is 126 cm³/mol. The second-order valence-electron chi connectivity index (χ2n) is 8.63. The van der Waals surface area contributed by atoms with Crippen LogP contribution in [-0.4, -0.2) is 22.2 Å². The van der Waals surface area contributed by atoms with E-state index < -0.39 is 5.92 Å². The number of carbonyl (C=O) groups is 1. The van der Waals surface area contributed by atoms with Gasteiger partial charge in [-0.1, -0.05) is 54.6 Å². The number of alkyl halides is 2. The number of nitrogens with one attached hydrogen (secondary N) is 1. The summed E-state index contributed by atoms with van der Waals surface area (Å²) in [5.41, 5.74) is 3.86. The normalized spacial score (nSPS) is 14.2. The van der Waals surface area contributed by atoms with E-state index in [9.17, 15) is 13.6 Å². The molecular formula is C26H28F2N4O. The van der Waals surface area contributed by atoms with Crippen LogP contribution in [0.2, 0.25) is 0 Å². The van der Waals surface area contributed by atoms with Gasteiger partial charge in [-0.25, -0.2) is 13.5 Å². The maximum Gasteiger partial charge on any atom is 0.270 e. The molecule has 7 heteroatoms. The monoisotopic (exact) mass is 450 g/mol. The maximum absolute atomic E-state index is 13.8. The Labute approximate surface area is 192 Å². The van der Waals surface area contributed by atoms with E-state index in [1.807, 2.05) is 49.1 Å². The number of rotatable bonds is 7. The average molecular weight is 451 g/mol. The summed E-state index contributed by atoms with van der Waals surface area (Å²) in [6.45, 7) is 10.3. The van der Waals surface area contributed by atoms with Gasteiger partial charge in [-0.15, -0.1) is 0 Å². The molecule has 1 aromatic heterocycles. The van der Waals surface area contributed by atoms with Crippen LogP contribution < -0.4 is 10.2 Å². The van der Waals surface area contributed by atoms with Crippen LogP contribution in [0.3, 0.4) is 0 Å². The minimum atomic E-state index is -2.91. The fourth-order valence-electron chi connectivity index (χ4n) is 4.15. The summed E-state index contributed by atoms with van der Waals surface area (Å²) in [5, 5.41) is 7.62. The van der Waals surface area contributed by atoms with Gasteiger partial charge in [-0.05, 0) is 37.1 Å². The number of carbonyl (C=O) groups excluding carboxylic acids is 1. The summed E-state index contributed by atoms with van der Waals surface area (Å²) >= 11 is 0. The standard InChI is InChI=1S/C26H28F2N4O/c1-5-22-23(24(33)29-18(3)20-11-9-17(2)10-12-20)25-31(13-14-32(25)30-22)16-19-7-6-8-21(15-19)26(4,27)28/h5-12,15,18H,1,13-14,16H2,2-4H3,(H,29,33). The fourth-order valence-corrected chi connectivity index (χ4v) is 4.15. The van der Waals surface area contributed by atoms with Gasteiger partial charge in [0.25, 0.3) is 11.8 Å². The SMILES string of the molecule is C=Cc1nn2c(c1C(=O)NC(C)c1ccc(C)cc1)N(Cc1cccc(C(C)(F)F)c1)CC2. The zero-order valence-corrected chi connectivity index (χ0v) is 19.1. The van der Waals surface area contributed by atoms with Crippen LogP contribution in [0.1, 0.15) is 58.2 Å². The maximum atomic E-state index is 13.8. The molecule has 33 heavy (non-hydrogen) atoms. The minimum Gasteiger partial charge on any atom is -0.350 e. The molecule has 5 nitrogen and oxygen atoms in total. The van der Waals surface area contributed by atoms with Gasteiger partial charge in [0.1, 0.15) is 11.4 Å². The van der Waals surface area contributed by atoms with Gasteiger partial charge < -0.3 is 10.2 Å². The van der Waals surface area contributed by atoms with Gasteiger partial charge in [0.15, 0.2) is 0 Å². The summed E-state index contributed by atoms with van der Waals surface area (Å²) in [6.07, 6.45) is 1.58. The molecule has 0 saturated carbocycles. The van der Waals surface area contributed by atoms with E-state index in [4.69, 9.17) is 0 Å². The first kappa shape index (κ1) is 22.7.